The van der Waals surface area contributed by atoms with E-state index in [0.717, 1.165) is 17.5 Å². The molecule has 5 nitrogen and oxygen atoms in total. The van der Waals surface area contributed by atoms with Gasteiger partial charge in [-0.3, -0.25) is 4.79 Å². The zero-order valence-corrected chi connectivity index (χ0v) is 15.6. The maximum absolute atomic E-state index is 12.7. The van der Waals surface area contributed by atoms with Crippen molar-refractivity contribution in [2.24, 2.45) is 0 Å². The van der Waals surface area contributed by atoms with Crippen molar-refractivity contribution in [1.82, 2.24) is 9.62 Å². The molecule has 0 unspecified atom stereocenters. The molecule has 25 heavy (non-hydrogen) atoms. The first kappa shape index (κ1) is 17.9. The maximum atomic E-state index is 12.7. The number of carbonyl (C=O) groups excluding carboxylic acids is 1. The number of nitrogens with one attached hydrogen (secondary N) is 1. The molecule has 1 aliphatic carbocycles. The molecule has 0 spiro atoms. The fourth-order valence-corrected chi connectivity index (χ4v) is 4.51. The van der Waals surface area contributed by atoms with Crippen LogP contribution in [0.15, 0.2) is 47.4 Å². The number of amides is 1. The van der Waals surface area contributed by atoms with Crippen LogP contribution in [0.25, 0.3) is 0 Å². The minimum atomic E-state index is -3.73. The predicted octanol–water partition coefficient (Wildman–Crippen LogP) is 3.01. The quantitative estimate of drug-likeness (QED) is 0.889. The number of rotatable bonds is 4. The fraction of sp³-hybridized carbons (Fsp3) is 0.278. The summed E-state index contributed by atoms with van der Waals surface area (Å²) >= 11 is 6.00. The van der Waals surface area contributed by atoms with Gasteiger partial charge >= 0.3 is 0 Å². The fourth-order valence-electron chi connectivity index (χ4n) is 3.02. The second kappa shape index (κ2) is 6.78. The third kappa shape index (κ3) is 3.71. The number of hydrogen-bond acceptors (Lipinski definition) is 3. The molecule has 0 radical (unpaired) electrons. The third-order valence-corrected chi connectivity index (χ3v) is 5.98. The van der Waals surface area contributed by atoms with E-state index >= 15 is 0 Å². The summed E-state index contributed by atoms with van der Waals surface area (Å²) in [4.78, 5) is 13.6. The van der Waals surface area contributed by atoms with E-state index in [4.69, 9.17) is 11.6 Å². The Hall–Kier alpha value is -1.89. The molecule has 3 rings (SSSR count). The average molecular weight is 379 g/mol. The lowest BCUT2D eigenvalue weighted by molar-refractivity contribution is 0.0827. The van der Waals surface area contributed by atoms with Gasteiger partial charge in [0.15, 0.2) is 0 Å². The molecule has 0 saturated carbocycles. The van der Waals surface area contributed by atoms with E-state index in [-0.39, 0.29) is 16.8 Å². The summed E-state index contributed by atoms with van der Waals surface area (Å²) < 4.78 is 28.2. The third-order valence-electron chi connectivity index (χ3n) is 4.28. The van der Waals surface area contributed by atoms with Gasteiger partial charge in [-0.05, 0) is 54.3 Å². The van der Waals surface area contributed by atoms with Crippen molar-refractivity contribution < 1.29 is 13.2 Å². The molecular formula is C18H19ClN2O3S. The van der Waals surface area contributed by atoms with Gasteiger partial charge in [-0.1, -0.05) is 23.7 Å². The first-order chi connectivity index (χ1) is 11.8. The van der Waals surface area contributed by atoms with Gasteiger partial charge in [0.05, 0.1) is 4.90 Å². The number of benzene rings is 2. The summed E-state index contributed by atoms with van der Waals surface area (Å²) in [5, 5.41) is 0.650. The van der Waals surface area contributed by atoms with Crippen LogP contribution >= 0.6 is 11.6 Å². The summed E-state index contributed by atoms with van der Waals surface area (Å²) in [6, 6.07) is 11.3. The molecular weight excluding hydrogens is 360 g/mol. The van der Waals surface area contributed by atoms with Crippen LogP contribution in [0.2, 0.25) is 5.02 Å². The van der Waals surface area contributed by atoms with Gasteiger partial charge in [0.2, 0.25) is 10.0 Å². The number of carbonyl (C=O) groups is 1. The van der Waals surface area contributed by atoms with Crippen LogP contribution in [-0.4, -0.2) is 33.3 Å². The van der Waals surface area contributed by atoms with E-state index in [1.54, 1.807) is 32.3 Å². The van der Waals surface area contributed by atoms with Crippen LogP contribution in [0.5, 0.6) is 0 Å². The van der Waals surface area contributed by atoms with Crippen molar-refractivity contribution in [2.75, 3.05) is 14.1 Å². The molecule has 0 saturated heterocycles. The van der Waals surface area contributed by atoms with E-state index in [1.807, 2.05) is 12.1 Å². The molecule has 2 aromatic carbocycles. The van der Waals surface area contributed by atoms with E-state index in [1.165, 1.54) is 17.0 Å². The minimum Gasteiger partial charge on any atom is -0.345 e. The van der Waals surface area contributed by atoms with Gasteiger partial charge in [0.25, 0.3) is 5.91 Å². The summed E-state index contributed by atoms with van der Waals surface area (Å²) in [7, 11) is -0.477. The number of halogens is 1. The smallest absolute Gasteiger partial charge is 0.253 e. The molecule has 0 aromatic heterocycles. The second-order valence-electron chi connectivity index (χ2n) is 6.28. The first-order valence-electron chi connectivity index (χ1n) is 7.90. The zero-order chi connectivity index (χ0) is 18.2. The Morgan fingerprint density at radius 3 is 2.68 bits per heavy atom. The molecule has 7 heteroatoms. The van der Waals surface area contributed by atoms with Crippen LogP contribution in [0.4, 0.5) is 0 Å². The van der Waals surface area contributed by atoms with Crippen LogP contribution in [0.3, 0.4) is 0 Å². The van der Waals surface area contributed by atoms with Crippen LogP contribution < -0.4 is 4.72 Å². The van der Waals surface area contributed by atoms with Gasteiger partial charge in [-0.2, -0.15) is 0 Å². The summed E-state index contributed by atoms with van der Waals surface area (Å²) in [5.41, 5.74) is 2.36. The van der Waals surface area contributed by atoms with E-state index < -0.39 is 10.0 Å². The van der Waals surface area contributed by atoms with Crippen LogP contribution in [-0.2, 0) is 16.4 Å². The zero-order valence-electron chi connectivity index (χ0n) is 14.0. The van der Waals surface area contributed by atoms with Crippen molar-refractivity contribution in [3.63, 3.8) is 0 Å². The Morgan fingerprint density at radius 2 is 1.96 bits per heavy atom. The van der Waals surface area contributed by atoms with E-state index in [2.05, 4.69) is 4.72 Å². The summed E-state index contributed by atoms with van der Waals surface area (Å²) in [6.45, 7) is 0. The molecule has 1 N–H and O–H groups in total. The lowest BCUT2D eigenvalue weighted by Crippen LogP contribution is -2.28. The van der Waals surface area contributed by atoms with Crippen molar-refractivity contribution in [2.45, 2.75) is 23.8 Å². The van der Waals surface area contributed by atoms with Crippen LogP contribution in [0.1, 0.15) is 33.9 Å². The largest absolute Gasteiger partial charge is 0.345 e. The molecule has 132 valence electrons. The number of aryl methyl sites for hydroxylation is 1. The minimum absolute atomic E-state index is 0.0858. The number of sulfonamides is 1. The highest BCUT2D eigenvalue weighted by molar-refractivity contribution is 7.89. The Balaban J connectivity index is 1.87. The predicted molar refractivity (Wildman–Crippen MR) is 97.3 cm³/mol. The lowest BCUT2D eigenvalue weighted by atomic mass is 10.1. The van der Waals surface area contributed by atoms with Gasteiger partial charge in [0.1, 0.15) is 0 Å². The highest BCUT2D eigenvalue weighted by Crippen LogP contribution is 2.34. The Morgan fingerprint density at radius 1 is 1.20 bits per heavy atom. The molecule has 0 heterocycles. The normalized spacial score (nSPS) is 16.5. The highest BCUT2D eigenvalue weighted by Gasteiger charge is 2.28. The van der Waals surface area contributed by atoms with Crippen LogP contribution in [0, 0.1) is 0 Å². The van der Waals surface area contributed by atoms with Crippen molar-refractivity contribution in [3.05, 3.63) is 64.2 Å². The summed E-state index contributed by atoms with van der Waals surface area (Å²) in [5.74, 6) is -0.238. The molecule has 1 aliphatic rings. The monoisotopic (exact) mass is 378 g/mol. The standard InChI is InChI=1S/C18H19ClN2O3S/c1-21(2)18(22)13-4-3-5-15(11-13)25(23,24)20-17-9-6-12-10-14(19)7-8-16(12)17/h3-5,7-8,10-11,17,20H,6,9H2,1-2H3/t17-/m1/s1. The first-order valence-corrected chi connectivity index (χ1v) is 9.76. The maximum Gasteiger partial charge on any atom is 0.253 e. The van der Waals surface area contributed by atoms with E-state index in [0.29, 0.717) is 17.0 Å². The van der Waals surface area contributed by atoms with Crippen molar-refractivity contribution >= 4 is 27.5 Å². The highest BCUT2D eigenvalue weighted by atomic mass is 35.5. The Labute approximate surface area is 152 Å². The lowest BCUT2D eigenvalue weighted by Gasteiger charge is -2.16. The van der Waals surface area contributed by atoms with Gasteiger partial charge in [-0.25, -0.2) is 13.1 Å². The number of nitrogens with zero attached hydrogens (tertiary/aromatic N) is 1. The molecule has 0 bridgehead atoms. The Bertz CT molecular complexity index is 926. The topological polar surface area (TPSA) is 66.5 Å². The van der Waals surface area contributed by atoms with Crippen molar-refractivity contribution in [1.29, 1.82) is 0 Å². The molecule has 0 fully saturated rings. The number of fused-ring (bicyclic) bond motifs is 1. The molecule has 1 atom stereocenters. The second-order valence-corrected chi connectivity index (χ2v) is 8.43. The van der Waals surface area contributed by atoms with Gasteiger partial charge in [-0.15, -0.1) is 0 Å². The van der Waals surface area contributed by atoms with E-state index in [9.17, 15) is 13.2 Å². The summed E-state index contributed by atoms with van der Waals surface area (Å²) in [6.07, 6.45) is 1.47. The van der Waals surface area contributed by atoms with Gasteiger partial charge < -0.3 is 4.90 Å². The Kier molecular flexibility index (Phi) is 4.86. The molecule has 1 amide bonds. The molecule has 0 aliphatic heterocycles. The average Bonchev–Trinajstić information content (AvgIpc) is 2.95. The van der Waals surface area contributed by atoms with Gasteiger partial charge in [0, 0.05) is 30.7 Å². The SMILES string of the molecule is CN(C)C(=O)c1cccc(S(=O)(=O)N[C@@H]2CCc3cc(Cl)ccc32)c1. The number of hydrogen-bond donors (Lipinski definition) is 1. The van der Waals surface area contributed by atoms with Crippen molar-refractivity contribution in [3.8, 4) is 0 Å². The molecule has 2 aromatic rings.